The molecule has 0 fully saturated rings. The third-order valence-corrected chi connectivity index (χ3v) is 9.74. The van der Waals surface area contributed by atoms with E-state index in [2.05, 4.69) is 132 Å². The van der Waals surface area contributed by atoms with E-state index < -0.39 is 19.3 Å². The average Bonchev–Trinajstić information content (AvgIpc) is 3.04. The van der Waals surface area contributed by atoms with Gasteiger partial charge in [0.05, 0.1) is 107 Å². The van der Waals surface area contributed by atoms with Crippen molar-refractivity contribution in [3.63, 3.8) is 0 Å². The molecule has 0 heterocycles. The lowest BCUT2D eigenvalue weighted by Gasteiger charge is -2.35. The number of hydrogen-bond acceptors (Lipinski definition) is 7. The molecule has 0 atom stereocenters. The van der Waals surface area contributed by atoms with Crippen LogP contribution in [0.15, 0.2) is 0 Å². The van der Waals surface area contributed by atoms with Crippen LogP contribution in [0.3, 0.4) is 0 Å². The van der Waals surface area contributed by atoms with Crippen LogP contribution < -0.4 is 20.2 Å². The van der Waals surface area contributed by atoms with Crippen LogP contribution in [0.2, 0.25) is 0 Å². The molecule has 44 heavy (non-hydrogen) atoms. The van der Waals surface area contributed by atoms with Gasteiger partial charge in [0.2, 0.25) is 0 Å². The Morgan fingerprint density at radius 1 is 0.500 bits per heavy atom. The molecule has 0 aromatic carbocycles. The van der Waals surface area contributed by atoms with Gasteiger partial charge in [-0.2, -0.15) is 0 Å². The van der Waals surface area contributed by atoms with E-state index in [1.807, 2.05) is 0 Å². The van der Waals surface area contributed by atoms with Crippen LogP contribution in [0.4, 0.5) is 0 Å². The fourth-order valence-electron chi connectivity index (χ4n) is 2.79. The van der Waals surface area contributed by atoms with Crippen molar-refractivity contribution in [1.29, 1.82) is 0 Å². The maximum Gasteiger partial charge on any atom is 0.354 e. The predicted octanol–water partition coefficient (Wildman–Crippen LogP) is 0.655. The molecule has 0 N–H and O–H groups in total. The van der Waals surface area contributed by atoms with Gasteiger partial charge in [0.25, 0.3) is 0 Å². The van der Waals surface area contributed by atoms with Crippen molar-refractivity contribution in [3.05, 3.63) is 0 Å². The summed E-state index contributed by atoms with van der Waals surface area (Å²) in [5.41, 5.74) is -0.125. The zero-order valence-corrected chi connectivity index (χ0v) is 33.4. The second-order valence-electron chi connectivity index (χ2n) is 11.4. The van der Waals surface area contributed by atoms with Crippen molar-refractivity contribution in [2.24, 2.45) is 0 Å². The van der Waals surface area contributed by atoms with E-state index in [4.69, 9.17) is 15.1 Å². The van der Waals surface area contributed by atoms with Crippen molar-refractivity contribution in [2.75, 3.05) is 112 Å². The van der Waals surface area contributed by atoms with Crippen molar-refractivity contribution in [3.8, 4) is 0 Å². The van der Waals surface area contributed by atoms with E-state index in [-0.39, 0.29) is 5.52 Å². The highest BCUT2D eigenvalue weighted by atomic mass is 79.9. The summed E-state index contributed by atoms with van der Waals surface area (Å²) in [5.74, 6) is -3.19. The molecule has 11 nitrogen and oxygen atoms in total. The smallest absolute Gasteiger partial charge is 0.354 e. The normalized spacial score (nSPS) is 10.8. The van der Waals surface area contributed by atoms with Crippen molar-refractivity contribution >= 4 is 35.2 Å². The van der Waals surface area contributed by atoms with Crippen LogP contribution in [0.1, 0.15) is 83.1 Å². The van der Waals surface area contributed by atoms with Gasteiger partial charge in [-0.05, 0) is 99.0 Å². The number of carboxylic acids is 1. The number of hydrogen-bond donors (Lipinski definition) is 0. The summed E-state index contributed by atoms with van der Waals surface area (Å²) in [6, 6.07) is 0. The van der Waals surface area contributed by atoms with Crippen LogP contribution in [0.25, 0.3) is 0 Å². The Morgan fingerprint density at radius 2 is 0.636 bits per heavy atom. The second-order valence-corrected chi connectivity index (χ2v) is 11.8. The lowest BCUT2D eigenvalue weighted by atomic mass is 10.3. The molecular weight excluding hydrogens is 631 g/mol. The van der Waals surface area contributed by atoms with Gasteiger partial charge in [0.15, 0.2) is 5.97 Å². The maximum absolute atomic E-state index is 9.83. The summed E-state index contributed by atoms with van der Waals surface area (Å²) in [6.45, 7) is 42.0. The monoisotopic (exact) mass is 704 g/mol. The number of carbonyl (C=O) groups excluding carboxylic acids is 2. The van der Waals surface area contributed by atoms with Gasteiger partial charge in [0, 0.05) is 0 Å². The molecule has 13 heteroatoms. The Hall–Kier alpha value is -0.795. The predicted molar refractivity (Wildman–Crippen MR) is 182 cm³/mol. The number of ether oxygens (including phenoxy) is 1. The lowest BCUT2D eigenvalue weighted by molar-refractivity contribution is -0.904. The minimum atomic E-state index is -2.92. The van der Waals surface area contributed by atoms with E-state index >= 15 is 0 Å². The standard InChI is InChI=1S/4C7H18N.C3H3BrO4.BO3/c4*1-5-8(4,6-2)7-3;4-1-8-3(7)2(5)6;2-1(3)4/h4*5-7H2,1-4H3;1H2,(H,5,6);/q4*+1;;-3/p-1. The molecule has 0 rings (SSSR count). The number of quaternary nitrogens is 4. The van der Waals surface area contributed by atoms with Crippen LogP contribution >= 0.6 is 15.9 Å². The molecule has 0 bridgehead atoms. The molecule has 0 spiro atoms. The lowest BCUT2D eigenvalue weighted by Crippen LogP contribution is -2.56. The number of alkyl halides is 1. The van der Waals surface area contributed by atoms with Gasteiger partial charge in [-0.25, -0.2) is 4.79 Å². The topological polar surface area (TPSA) is 136 Å². The number of carboxylic acid groups (broad SMARTS) is 1. The first-order valence-electron chi connectivity index (χ1n) is 16.4. The van der Waals surface area contributed by atoms with Gasteiger partial charge < -0.3 is 47.6 Å². The van der Waals surface area contributed by atoms with Gasteiger partial charge in [-0.1, -0.05) is 0 Å². The number of aliphatic carboxylic acids is 1. The fourth-order valence-corrected chi connectivity index (χ4v) is 3.00. The van der Waals surface area contributed by atoms with Crippen molar-refractivity contribution in [2.45, 2.75) is 83.1 Å². The largest absolute Gasteiger partial charge is 0.907 e. The number of rotatable bonds is 13. The Bertz CT molecular complexity index is 524. The Labute approximate surface area is 282 Å². The van der Waals surface area contributed by atoms with E-state index in [0.29, 0.717) is 0 Å². The second kappa shape index (κ2) is 33.6. The highest BCUT2D eigenvalue weighted by molar-refractivity contribution is 9.09. The maximum atomic E-state index is 9.83. The molecule has 0 aliphatic heterocycles. The van der Waals surface area contributed by atoms with Gasteiger partial charge in [-0.15, -0.1) is 0 Å². The van der Waals surface area contributed by atoms with Crippen molar-refractivity contribution < 1.29 is 52.4 Å². The average molecular weight is 706 g/mol. The van der Waals surface area contributed by atoms with E-state index in [1.54, 1.807) is 0 Å². The van der Waals surface area contributed by atoms with E-state index in [9.17, 15) is 14.7 Å². The first kappa shape index (κ1) is 55.6. The Morgan fingerprint density at radius 3 is 0.659 bits per heavy atom. The Balaban J connectivity index is -0.0000000995. The summed E-state index contributed by atoms with van der Waals surface area (Å²) in [5, 5.41) is 34.7. The molecular formula is C31H74BBrN4O7. The number of nitrogens with zero attached hydrogens (tertiary/aromatic N) is 4. The molecule has 0 aliphatic carbocycles. The van der Waals surface area contributed by atoms with E-state index in [1.165, 1.54) is 96.5 Å². The molecule has 0 amide bonds. The van der Waals surface area contributed by atoms with Crippen LogP contribution in [-0.4, -0.2) is 149 Å². The van der Waals surface area contributed by atoms with Crippen LogP contribution in [-0.2, 0) is 14.3 Å². The number of halogens is 1. The zero-order valence-electron chi connectivity index (χ0n) is 31.8. The number of carbonyl (C=O) groups is 2. The highest BCUT2D eigenvalue weighted by Gasteiger charge is 2.13. The first-order valence-corrected chi connectivity index (χ1v) is 17.5. The summed E-state index contributed by atoms with van der Waals surface area (Å²) in [7, 11) is 6.25. The summed E-state index contributed by atoms with van der Waals surface area (Å²) < 4.78 is 8.75. The van der Waals surface area contributed by atoms with Gasteiger partial charge >= 0.3 is 5.97 Å². The fraction of sp³-hybridized carbons (Fsp3) is 0.935. The van der Waals surface area contributed by atoms with Crippen LogP contribution in [0, 0.1) is 0 Å². The molecule has 0 radical (unpaired) electrons. The van der Waals surface area contributed by atoms with Crippen molar-refractivity contribution in [1.82, 2.24) is 0 Å². The van der Waals surface area contributed by atoms with Gasteiger partial charge in [-0.3, -0.25) is 7.32 Å². The summed E-state index contributed by atoms with van der Waals surface area (Å²) in [6.07, 6.45) is 0. The number of esters is 1. The van der Waals surface area contributed by atoms with Gasteiger partial charge in [0.1, 0.15) is 5.52 Å². The quantitative estimate of drug-likeness (QED) is 0.0904. The Kier molecular flexibility index (Phi) is 42.4. The molecule has 0 aromatic rings. The molecule has 0 aliphatic rings. The minimum Gasteiger partial charge on any atom is -0.907 e. The minimum absolute atomic E-state index is 0.125. The summed E-state index contributed by atoms with van der Waals surface area (Å²) >= 11 is 2.68. The third-order valence-electron chi connectivity index (χ3n) is 9.51. The highest BCUT2D eigenvalue weighted by Crippen LogP contribution is 1.99. The third kappa shape index (κ3) is 37.4. The summed E-state index contributed by atoms with van der Waals surface area (Å²) in [4.78, 5) is 19.3. The van der Waals surface area contributed by atoms with E-state index in [0.717, 1.165) is 0 Å². The zero-order chi connectivity index (χ0) is 36.6. The molecule has 0 saturated carbocycles. The molecule has 270 valence electrons. The molecule has 0 saturated heterocycles. The molecule has 0 unspecified atom stereocenters. The van der Waals surface area contributed by atoms with Crippen LogP contribution in [0.5, 0.6) is 0 Å². The molecule has 0 aromatic heterocycles. The first-order chi connectivity index (χ1) is 20.1. The SMILES string of the molecule is CC[N+](C)(CC)CC.CC[N+](C)(CC)CC.CC[N+](C)(CC)CC.CC[N+](C)(CC)CC.O=C([O-])C(=O)OCBr.[O-]B([O-])[O-].